The molecule has 9 aromatic carbocycles. The van der Waals surface area contributed by atoms with Gasteiger partial charge in [-0.1, -0.05) is 109 Å². The molecule has 4 heteroatoms. The lowest BCUT2D eigenvalue weighted by Gasteiger charge is -2.26. The maximum atomic E-state index is 6.44. The van der Waals surface area contributed by atoms with Gasteiger partial charge in [-0.3, -0.25) is 0 Å². The maximum Gasteiger partial charge on any atom is 0.227 e. The number of nitrogens with zero attached hydrogens (tertiary/aromatic N) is 2. The summed E-state index contributed by atoms with van der Waals surface area (Å²) in [4.78, 5) is 7.16. The SMILES string of the molecule is c1ccc(-c2ccc(N(c3ccc4c(ccc5ccc6c(ccc7nc(-c8ccccc8)oc76)c54)c3)c3ccc4c(c3)oc3ccccc34)cc2)cc1. The summed E-state index contributed by atoms with van der Waals surface area (Å²) < 4.78 is 12.8. The first-order chi connectivity index (χ1) is 26.2. The summed E-state index contributed by atoms with van der Waals surface area (Å²) in [6.07, 6.45) is 0. The topological polar surface area (TPSA) is 42.4 Å². The minimum atomic E-state index is 0.633. The van der Waals surface area contributed by atoms with Crippen molar-refractivity contribution in [3.63, 3.8) is 0 Å². The average Bonchev–Trinajstić information content (AvgIpc) is 3.83. The zero-order chi connectivity index (χ0) is 34.9. The maximum absolute atomic E-state index is 6.44. The Hall–Kier alpha value is -7.17. The van der Waals surface area contributed by atoms with Gasteiger partial charge in [0.15, 0.2) is 5.58 Å². The Morgan fingerprint density at radius 1 is 0.377 bits per heavy atom. The summed E-state index contributed by atoms with van der Waals surface area (Å²) in [5.74, 6) is 0.633. The van der Waals surface area contributed by atoms with Crippen molar-refractivity contribution in [2.24, 2.45) is 0 Å². The van der Waals surface area contributed by atoms with E-state index in [2.05, 4.69) is 144 Å². The second-order valence-electron chi connectivity index (χ2n) is 13.6. The van der Waals surface area contributed by atoms with E-state index in [0.29, 0.717) is 5.89 Å². The fourth-order valence-corrected chi connectivity index (χ4v) is 7.92. The van der Waals surface area contributed by atoms with Crippen molar-refractivity contribution in [2.75, 3.05) is 4.90 Å². The number of furan rings is 1. The molecule has 0 saturated carbocycles. The first-order valence-electron chi connectivity index (χ1n) is 17.9. The van der Waals surface area contributed by atoms with Gasteiger partial charge in [-0.05, 0) is 105 Å². The first-order valence-corrected chi connectivity index (χ1v) is 17.9. The number of hydrogen-bond donors (Lipinski definition) is 0. The summed E-state index contributed by atoms with van der Waals surface area (Å²) in [5, 5.41) is 9.16. The van der Waals surface area contributed by atoms with Crippen molar-refractivity contribution >= 4 is 82.4 Å². The number of rotatable bonds is 5. The van der Waals surface area contributed by atoms with Gasteiger partial charge in [0.05, 0.1) is 0 Å². The highest BCUT2D eigenvalue weighted by atomic mass is 16.3. The van der Waals surface area contributed by atoms with E-state index in [1.807, 2.05) is 42.5 Å². The van der Waals surface area contributed by atoms with E-state index >= 15 is 0 Å². The van der Waals surface area contributed by atoms with Crippen LogP contribution in [0, 0.1) is 0 Å². The van der Waals surface area contributed by atoms with Crippen LogP contribution in [0.5, 0.6) is 0 Å². The van der Waals surface area contributed by atoms with E-state index in [1.54, 1.807) is 0 Å². The number of oxazole rings is 1. The first kappa shape index (κ1) is 29.5. The molecule has 248 valence electrons. The van der Waals surface area contributed by atoms with E-state index in [1.165, 1.54) is 27.3 Å². The van der Waals surface area contributed by atoms with Crippen molar-refractivity contribution < 1.29 is 8.83 Å². The van der Waals surface area contributed by atoms with Crippen LogP contribution in [0.1, 0.15) is 0 Å². The second-order valence-corrected chi connectivity index (χ2v) is 13.6. The molecule has 0 aliphatic carbocycles. The molecule has 4 nitrogen and oxygen atoms in total. The molecule has 0 N–H and O–H groups in total. The summed E-state index contributed by atoms with van der Waals surface area (Å²) in [5.41, 5.74) is 9.90. The highest BCUT2D eigenvalue weighted by Crippen LogP contribution is 2.42. The van der Waals surface area contributed by atoms with Crippen LogP contribution >= 0.6 is 0 Å². The van der Waals surface area contributed by atoms with Crippen molar-refractivity contribution in [1.82, 2.24) is 4.98 Å². The van der Waals surface area contributed by atoms with Crippen LogP contribution in [-0.2, 0) is 0 Å². The number of fused-ring (bicyclic) bond motifs is 10. The molecule has 53 heavy (non-hydrogen) atoms. The minimum absolute atomic E-state index is 0.633. The zero-order valence-corrected chi connectivity index (χ0v) is 28.5. The Balaban J connectivity index is 1.08. The van der Waals surface area contributed by atoms with E-state index in [9.17, 15) is 0 Å². The third kappa shape index (κ3) is 4.80. The predicted molar refractivity (Wildman–Crippen MR) is 219 cm³/mol. The monoisotopic (exact) mass is 678 g/mol. The highest BCUT2D eigenvalue weighted by molar-refractivity contribution is 6.24. The van der Waals surface area contributed by atoms with Gasteiger partial charge >= 0.3 is 0 Å². The van der Waals surface area contributed by atoms with Gasteiger partial charge in [0.2, 0.25) is 5.89 Å². The summed E-state index contributed by atoms with van der Waals surface area (Å²) in [6, 6.07) is 64.0. The third-order valence-corrected chi connectivity index (χ3v) is 10.5. The number of hydrogen-bond acceptors (Lipinski definition) is 4. The van der Waals surface area contributed by atoms with Gasteiger partial charge in [-0.25, -0.2) is 4.98 Å². The second kappa shape index (κ2) is 11.7. The Labute approximate surface area is 304 Å². The Morgan fingerprint density at radius 3 is 1.81 bits per heavy atom. The van der Waals surface area contributed by atoms with Crippen LogP contribution in [-0.4, -0.2) is 4.98 Å². The quantitative estimate of drug-likeness (QED) is 0.170. The molecule has 0 fully saturated rings. The molecule has 2 heterocycles. The normalized spacial score (nSPS) is 11.8. The van der Waals surface area contributed by atoms with Gasteiger partial charge in [-0.15, -0.1) is 0 Å². The molecule has 2 aromatic heterocycles. The molecule has 0 saturated heterocycles. The van der Waals surface area contributed by atoms with Crippen molar-refractivity contribution in [3.8, 4) is 22.6 Å². The van der Waals surface area contributed by atoms with Gasteiger partial charge < -0.3 is 13.7 Å². The van der Waals surface area contributed by atoms with Gasteiger partial charge in [0, 0.05) is 44.9 Å². The van der Waals surface area contributed by atoms with Gasteiger partial charge in [0.1, 0.15) is 16.7 Å². The molecule has 11 rings (SSSR count). The number of anilines is 3. The van der Waals surface area contributed by atoms with Crippen LogP contribution in [0.25, 0.3) is 87.9 Å². The molecule has 0 aliphatic rings. The number of benzene rings is 9. The number of para-hydroxylation sites is 1. The lowest BCUT2D eigenvalue weighted by atomic mass is 9.95. The van der Waals surface area contributed by atoms with E-state index in [4.69, 9.17) is 13.8 Å². The summed E-state index contributed by atoms with van der Waals surface area (Å²) >= 11 is 0. The van der Waals surface area contributed by atoms with Crippen molar-refractivity contribution in [1.29, 1.82) is 0 Å². The van der Waals surface area contributed by atoms with Crippen molar-refractivity contribution in [3.05, 3.63) is 182 Å². The van der Waals surface area contributed by atoms with Crippen LogP contribution < -0.4 is 4.90 Å². The smallest absolute Gasteiger partial charge is 0.227 e. The van der Waals surface area contributed by atoms with E-state index in [0.717, 1.165) is 71.8 Å². The number of aromatic nitrogens is 1. The van der Waals surface area contributed by atoms with Gasteiger partial charge in [-0.2, -0.15) is 0 Å². The Morgan fingerprint density at radius 2 is 0.981 bits per heavy atom. The van der Waals surface area contributed by atoms with E-state index < -0.39 is 0 Å². The molecule has 0 unspecified atom stereocenters. The van der Waals surface area contributed by atoms with Crippen LogP contribution in [0.3, 0.4) is 0 Å². The molecule has 0 amide bonds. The van der Waals surface area contributed by atoms with Crippen LogP contribution in [0.4, 0.5) is 17.1 Å². The van der Waals surface area contributed by atoms with Crippen LogP contribution in [0.15, 0.2) is 191 Å². The molecule has 0 atom stereocenters. The lowest BCUT2D eigenvalue weighted by molar-refractivity contribution is 0.623. The highest BCUT2D eigenvalue weighted by Gasteiger charge is 2.18. The lowest BCUT2D eigenvalue weighted by Crippen LogP contribution is -2.09. The molecule has 0 aliphatic heterocycles. The fourth-order valence-electron chi connectivity index (χ4n) is 7.92. The zero-order valence-electron chi connectivity index (χ0n) is 28.5. The van der Waals surface area contributed by atoms with Crippen LogP contribution in [0.2, 0.25) is 0 Å². The van der Waals surface area contributed by atoms with Gasteiger partial charge in [0.25, 0.3) is 0 Å². The molecule has 0 spiro atoms. The minimum Gasteiger partial charge on any atom is -0.456 e. The average molecular weight is 679 g/mol. The standard InChI is InChI=1S/C49H30N2O2/c1-3-9-31(10-4-1)32-17-20-36(21-18-32)51(38-23-26-41-40-13-7-8-14-45(40)52-46(41)30-38)37-22-25-39-35(29-37)16-15-33-19-24-43-42(47(33)39)27-28-44-48(43)53-49(50-44)34-11-5-2-6-12-34/h1-30H. The van der Waals surface area contributed by atoms with E-state index in [-0.39, 0.29) is 0 Å². The molecular formula is C49H30N2O2. The predicted octanol–water partition coefficient (Wildman–Crippen LogP) is 14.0. The largest absolute Gasteiger partial charge is 0.456 e. The molecule has 0 radical (unpaired) electrons. The third-order valence-electron chi connectivity index (χ3n) is 10.5. The molecule has 11 aromatic rings. The summed E-state index contributed by atoms with van der Waals surface area (Å²) in [7, 11) is 0. The Bertz CT molecular complexity index is 3160. The summed E-state index contributed by atoms with van der Waals surface area (Å²) in [6.45, 7) is 0. The fraction of sp³-hybridized carbons (Fsp3) is 0. The molecule has 0 bridgehead atoms. The molecular weight excluding hydrogens is 649 g/mol. The van der Waals surface area contributed by atoms with Crippen molar-refractivity contribution in [2.45, 2.75) is 0 Å². The Kier molecular flexibility index (Phi) is 6.52.